The molecule has 1 aliphatic rings. The second-order valence-corrected chi connectivity index (χ2v) is 7.96. The molecule has 0 spiro atoms. The van der Waals surface area contributed by atoms with Crippen LogP contribution in [-0.4, -0.2) is 49.9 Å². The van der Waals surface area contributed by atoms with E-state index in [1.165, 1.54) is 5.56 Å². The molecule has 0 radical (unpaired) electrons. The summed E-state index contributed by atoms with van der Waals surface area (Å²) in [5.41, 5.74) is 1.77. The molecule has 0 atom stereocenters. The Morgan fingerprint density at radius 1 is 1.15 bits per heavy atom. The lowest BCUT2D eigenvalue weighted by atomic mass is 10.0. The standard InChI is InChI=1S/C21H34N2O4/c1-7-15-12-18(25-5)17(19(13-15)26-6)14-22-16-8-10-23(11-9-16)20(24)27-21(2,3)4/h12-13,16,22H,7-11,14H2,1-6H3. The average molecular weight is 379 g/mol. The number of aryl methyl sites for hydroxylation is 1. The van der Waals surface area contributed by atoms with Crippen molar-refractivity contribution in [2.45, 2.75) is 65.1 Å². The topological polar surface area (TPSA) is 60.0 Å². The highest BCUT2D eigenvalue weighted by molar-refractivity contribution is 5.68. The molecule has 0 bridgehead atoms. The van der Waals surface area contributed by atoms with Crippen LogP contribution in [0.1, 0.15) is 51.7 Å². The van der Waals surface area contributed by atoms with E-state index >= 15 is 0 Å². The van der Waals surface area contributed by atoms with Crippen molar-refractivity contribution in [3.8, 4) is 11.5 Å². The van der Waals surface area contributed by atoms with Gasteiger partial charge in [-0.05, 0) is 57.7 Å². The minimum absolute atomic E-state index is 0.223. The quantitative estimate of drug-likeness (QED) is 0.817. The van der Waals surface area contributed by atoms with Crippen LogP contribution >= 0.6 is 0 Å². The van der Waals surface area contributed by atoms with Crippen LogP contribution in [0.4, 0.5) is 4.79 Å². The first-order chi connectivity index (χ1) is 12.8. The van der Waals surface area contributed by atoms with Crippen molar-refractivity contribution in [3.63, 3.8) is 0 Å². The minimum atomic E-state index is -0.454. The Kier molecular flexibility index (Phi) is 7.36. The van der Waals surface area contributed by atoms with Gasteiger partial charge in [-0.15, -0.1) is 0 Å². The first kappa shape index (κ1) is 21.4. The van der Waals surface area contributed by atoms with Crippen LogP contribution in [0.15, 0.2) is 12.1 Å². The van der Waals surface area contributed by atoms with E-state index in [2.05, 4.69) is 24.4 Å². The normalized spacial score (nSPS) is 15.6. The van der Waals surface area contributed by atoms with Crippen LogP contribution < -0.4 is 14.8 Å². The van der Waals surface area contributed by atoms with Crippen molar-refractivity contribution >= 4 is 6.09 Å². The van der Waals surface area contributed by atoms with Crippen LogP contribution in [0, 0.1) is 0 Å². The van der Waals surface area contributed by atoms with Crippen LogP contribution in [-0.2, 0) is 17.7 Å². The zero-order chi connectivity index (χ0) is 20.0. The summed E-state index contributed by atoms with van der Waals surface area (Å²) < 4.78 is 16.6. The van der Waals surface area contributed by atoms with Gasteiger partial charge in [0, 0.05) is 31.2 Å². The Morgan fingerprint density at radius 3 is 2.15 bits per heavy atom. The number of methoxy groups -OCH3 is 2. The number of carbonyl (C=O) groups is 1. The molecule has 0 aromatic heterocycles. The predicted molar refractivity (Wildman–Crippen MR) is 107 cm³/mol. The molecule has 1 heterocycles. The lowest BCUT2D eigenvalue weighted by molar-refractivity contribution is 0.0198. The number of nitrogens with zero attached hydrogens (tertiary/aromatic N) is 1. The number of carbonyl (C=O) groups excluding carboxylic acids is 1. The fourth-order valence-electron chi connectivity index (χ4n) is 3.26. The highest BCUT2D eigenvalue weighted by atomic mass is 16.6. The van der Waals surface area contributed by atoms with Gasteiger partial charge in [-0.25, -0.2) is 4.79 Å². The molecule has 1 aromatic rings. The summed E-state index contributed by atoms with van der Waals surface area (Å²) in [6, 6.07) is 4.50. The first-order valence-corrected chi connectivity index (χ1v) is 9.72. The number of likely N-dealkylation sites (tertiary alicyclic amines) is 1. The Hall–Kier alpha value is -1.95. The summed E-state index contributed by atoms with van der Waals surface area (Å²) in [4.78, 5) is 14.0. The molecule has 6 heteroatoms. The fourth-order valence-corrected chi connectivity index (χ4v) is 3.26. The number of hydrogen-bond donors (Lipinski definition) is 1. The average Bonchev–Trinajstić information content (AvgIpc) is 2.64. The number of nitrogens with one attached hydrogen (secondary N) is 1. The molecule has 1 fully saturated rings. The van der Waals surface area contributed by atoms with Gasteiger partial charge in [0.15, 0.2) is 0 Å². The molecule has 6 nitrogen and oxygen atoms in total. The predicted octanol–water partition coefficient (Wildman–Crippen LogP) is 3.76. The molecule has 1 saturated heterocycles. The molecule has 0 unspecified atom stereocenters. The van der Waals surface area contributed by atoms with E-state index < -0.39 is 5.60 Å². The van der Waals surface area contributed by atoms with Gasteiger partial charge in [0.05, 0.1) is 14.2 Å². The van der Waals surface area contributed by atoms with E-state index in [-0.39, 0.29) is 6.09 Å². The summed E-state index contributed by atoms with van der Waals surface area (Å²) in [6.07, 6.45) is 2.51. The van der Waals surface area contributed by atoms with Crippen LogP contribution in [0.3, 0.4) is 0 Å². The SMILES string of the molecule is CCc1cc(OC)c(CNC2CCN(C(=O)OC(C)(C)C)CC2)c(OC)c1. The molecule has 152 valence electrons. The van der Waals surface area contributed by atoms with Crippen molar-refractivity contribution in [2.75, 3.05) is 27.3 Å². The molecule has 2 rings (SSSR count). The highest BCUT2D eigenvalue weighted by Gasteiger charge is 2.27. The zero-order valence-electron chi connectivity index (χ0n) is 17.6. The molecule has 27 heavy (non-hydrogen) atoms. The molecular formula is C21H34N2O4. The highest BCUT2D eigenvalue weighted by Crippen LogP contribution is 2.31. The summed E-state index contributed by atoms with van der Waals surface area (Å²) in [5, 5.41) is 3.59. The van der Waals surface area contributed by atoms with Gasteiger partial charge in [0.25, 0.3) is 0 Å². The van der Waals surface area contributed by atoms with Crippen LogP contribution in [0.2, 0.25) is 0 Å². The molecule has 1 N–H and O–H groups in total. The fraction of sp³-hybridized carbons (Fsp3) is 0.667. The summed E-state index contributed by atoms with van der Waals surface area (Å²) >= 11 is 0. The lowest BCUT2D eigenvalue weighted by Crippen LogP contribution is -2.46. The third-order valence-corrected chi connectivity index (χ3v) is 4.79. The monoisotopic (exact) mass is 378 g/mol. The summed E-state index contributed by atoms with van der Waals surface area (Å²) in [6.45, 7) is 9.88. The van der Waals surface area contributed by atoms with Gasteiger partial charge in [-0.1, -0.05) is 6.92 Å². The third kappa shape index (κ3) is 6.03. The maximum Gasteiger partial charge on any atom is 0.410 e. The molecule has 0 saturated carbocycles. The molecule has 1 amide bonds. The van der Waals surface area contributed by atoms with Gasteiger partial charge in [-0.3, -0.25) is 0 Å². The van der Waals surface area contributed by atoms with Crippen molar-refractivity contribution in [1.29, 1.82) is 0 Å². The van der Waals surface area contributed by atoms with E-state index in [9.17, 15) is 4.79 Å². The molecular weight excluding hydrogens is 344 g/mol. The number of amides is 1. The number of hydrogen-bond acceptors (Lipinski definition) is 5. The van der Waals surface area contributed by atoms with E-state index in [4.69, 9.17) is 14.2 Å². The number of piperidine rings is 1. The summed E-state index contributed by atoms with van der Waals surface area (Å²) in [7, 11) is 3.38. The van der Waals surface area contributed by atoms with Crippen molar-refractivity contribution in [1.82, 2.24) is 10.2 Å². The largest absolute Gasteiger partial charge is 0.496 e. The number of rotatable bonds is 6. The Labute approximate surface area is 163 Å². The van der Waals surface area contributed by atoms with E-state index in [0.29, 0.717) is 25.7 Å². The summed E-state index contributed by atoms with van der Waals surface area (Å²) in [5.74, 6) is 1.70. The zero-order valence-corrected chi connectivity index (χ0v) is 17.6. The van der Waals surface area contributed by atoms with Crippen molar-refractivity contribution < 1.29 is 19.0 Å². The van der Waals surface area contributed by atoms with Crippen molar-refractivity contribution in [3.05, 3.63) is 23.3 Å². The van der Waals surface area contributed by atoms with Gasteiger partial charge in [-0.2, -0.15) is 0 Å². The Balaban J connectivity index is 1.93. The number of ether oxygens (including phenoxy) is 3. The van der Waals surface area contributed by atoms with Crippen molar-refractivity contribution in [2.24, 2.45) is 0 Å². The van der Waals surface area contributed by atoms with Crippen LogP contribution in [0.5, 0.6) is 11.5 Å². The molecule has 1 aliphatic heterocycles. The maximum absolute atomic E-state index is 12.2. The lowest BCUT2D eigenvalue weighted by Gasteiger charge is -2.34. The Morgan fingerprint density at radius 2 is 1.70 bits per heavy atom. The smallest absolute Gasteiger partial charge is 0.410 e. The molecule has 1 aromatic carbocycles. The third-order valence-electron chi connectivity index (χ3n) is 4.79. The maximum atomic E-state index is 12.2. The van der Waals surface area contributed by atoms with Crippen LogP contribution in [0.25, 0.3) is 0 Å². The first-order valence-electron chi connectivity index (χ1n) is 9.72. The molecule has 0 aliphatic carbocycles. The second-order valence-electron chi connectivity index (χ2n) is 7.96. The van der Waals surface area contributed by atoms with Gasteiger partial charge >= 0.3 is 6.09 Å². The Bertz CT molecular complexity index is 607. The van der Waals surface area contributed by atoms with E-state index in [1.807, 2.05) is 20.8 Å². The van der Waals surface area contributed by atoms with Gasteiger partial charge in [0.2, 0.25) is 0 Å². The van der Waals surface area contributed by atoms with E-state index in [1.54, 1.807) is 19.1 Å². The van der Waals surface area contributed by atoms with Gasteiger partial charge in [0.1, 0.15) is 17.1 Å². The number of benzene rings is 1. The van der Waals surface area contributed by atoms with Gasteiger partial charge < -0.3 is 24.4 Å². The van der Waals surface area contributed by atoms with E-state index in [0.717, 1.165) is 36.3 Å². The second kappa shape index (κ2) is 9.31. The minimum Gasteiger partial charge on any atom is -0.496 e.